The largest absolute Gasteiger partial charge is 0.480 e. The topological polar surface area (TPSA) is 95.9 Å². The Morgan fingerprint density at radius 2 is 1.62 bits per heavy atom. The summed E-state index contributed by atoms with van der Waals surface area (Å²) in [5.41, 5.74) is 4.17. The van der Waals surface area contributed by atoms with E-state index < -0.39 is 30.3 Å². The van der Waals surface area contributed by atoms with Crippen molar-refractivity contribution in [1.29, 1.82) is 0 Å². The van der Waals surface area contributed by atoms with Crippen molar-refractivity contribution in [2.75, 3.05) is 25.0 Å². The quantitative estimate of drug-likeness (QED) is 0.529. The van der Waals surface area contributed by atoms with Gasteiger partial charge in [-0.25, -0.2) is 9.18 Å². The van der Waals surface area contributed by atoms with Crippen LogP contribution in [0.15, 0.2) is 66.7 Å². The van der Waals surface area contributed by atoms with Gasteiger partial charge in [0.05, 0.1) is 5.69 Å². The van der Waals surface area contributed by atoms with Crippen molar-refractivity contribution in [3.63, 3.8) is 0 Å². The monoisotopic (exact) mass is 462 g/mol. The second-order valence-electron chi connectivity index (χ2n) is 7.86. The summed E-state index contributed by atoms with van der Waals surface area (Å²) >= 11 is 0. The lowest BCUT2D eigenvalue weighted by Gasteiger charge is -2.19. The molecule has 3 aromatic carbocycles. The molecule has 0 unspecified atom stereocenters. The Morgan fingerprint density at radius 1 is 1.00 bits per heavy atom. The van der Waals surface area contributed by atoms with Crippen molar-refractivity contribution in [2.45, 2.75) is 12.8 Å². The smallest absolute Gasteiger partial charge is 0.411 e. The molecule has 0 aliphatic heterocycles. The maximum absolute atomic E-state index is 14.6. The zero-order valence-electron chi connectivity index (χ0n) is 18.5. The van der Waals surface area contributed by atoms with E-state index in [9.17, 15) is 18.8 Å². The number of anilines is 1. The summed E-state index contributed by atoms with van der Waals surface area (Å²) in [6.07, 6.45) is -0.819. The van der Waals surface area contributed by atoms with Gasteiger partial charge in [0.25, 0.3) is 5.91 Å². The predicted octanol–water partition coefficient (Wildman–Crippen LogP) is 4.73. The standard InChI is InChI=1S/C26H23FN2O5/c1-2-29(14-24(30)31)25(32)16-11-12-23(22(27)13-16)28-26(33)34-15-21-19-9-5-3-7-17(19)18-8-4-6-10-20(18)21/h3-13,21H,2,14-15H2,1H3,(H,28,33)(H,30,31). The molecule has 0 atom stereocenters. The average Bonchev–Trinajstić information content (AvgIpc) is 3.15. The number of ether oxygens (including phenoxy) is 1. The van der Waals surface area contributed by atoms with E-state index in [-0.39, 0.29) is 30.3 Å². The number of carbonyl (C=O) groups is 3. The molecule has 0 saturated carbocycles. The van der Waals surface area contributed by atoms with Gasteiger partial charge >= 0.3 is 12.1 Å². The first kappa shape index (κ1) is 23.0. The molecule has 0 spiro atoms. The van der Waals surface area contributed by atoms with Gasteiger partial charge in [-0.15, -0.1) is 0 Å². The number of hydrogen-bond donors (Lipinski definition) is 2. The summed E-state index contributed by atoms with van der Waals surface area (Å²) < 4.78 is 20.0. The minimum Gasteiger partial charge on any atom is -0.480 e. The maximum atomic E-state index is 14.6. The summed E-state index contributed by atoms with van der Waals surface area (Å²) in [6.45, 7) is 1.38. The van der Waals surface area contributed by atoms with Gasteiger partial charge in [-0.2, -0.15) is 0 Å². The first-order chi connectivity index (χ1) is 16.4. The van der Waals surface area contributed by atoms with E-state index in [0.717, 1.165) is 33.2 Å². The number of carboxylic acid groups (broad SMARTS) is 1. The fourth-order valence-electron chi connectivity index (χ4n) is 4.17. The van der Waals surface area contributed by atoms with Crippen LogP contribution >= 0.6 is 0 Å². The summed E-state index contributed by atoms with van der Waals surface area (Å²) in [5.74, 6) is -2.73. The minimum absolute atomic E-state index is 0.0151. The van der Waals surface area contributed by atoms with Crippen LogP contribution in [-0.4, -0.2) is 47.7 Å². The molecule has 0 saturated heterocycles. The predicted molar refractivity (Wildman–Crippen MR) is 124 cm³/mol. The second-order valence-corrected chi connectivity index (χ2v) is 7.86. The number of fused-ring (bicyclic) bond motifs is 3. The molecule has 2 amide bonds. The van der Waals surface area contributed by atoms with Crippen molar-refractivity contribution < 1.29 is 28.6 Å². The fraction of sp³-hybridized carbons (Fsp3) is 0.192. The first-order valence-corrected chi connectivity index (χ1v) is 10.8. The van der Waals surface area contributed by atoms with Crippen LogP contribution in [0.25, 0.3) is 11.1 Å². The molecular weight excluding hydrogens is 439 g/mol. The van der Waals surface area contributed by atoms with E-state index in [2.05, 4.69) is 5.32 Å². The Bertz CT molecular complexity index is 1210. The van der Waals surface area contributed by atoms with Gasteiger partial charge in [0.15, 0.2) is 0 Å². The lowest BCUT2D eigenvalue weighted by Crippen LogP contribution is -2.35. The van der Waals surface area contributed by atoms with Gasteiger partial charge in [-0.3, -0.25) is 14.9 Å². The van der Waals surface area contributed by atoms with E-state index in [1.54, 1.807) is 6.92 Å². The van der Waals surface area contributed by atoms with Crippen LogP contribution in [0.3, 0.4) is 0 Å². The van der Waals surface area contributed by atoms with E-state index in [4.69, 9.17) is 9.84 Å². The lowest BCUT2D eigenvalue weighted by molar-refractivity contribution is -0.137. The molecule has 34 heavy (non-hydrogen) atoms. The summed E-state index contributed by atoms with van der Waals surface area (Å²) in [5, 5.41) is 11.3. The van der Waals surface area contributed by atoms with E-state index in [1.165, 1.54) is 12.1 Å². The molecule has 1 aliphatic rings. The number of rotatable bonds is 7. The number of nitrogens with one attached hydrogen (secondary N) is 1. The molecule has 0 heterocycles. The second kappa shape index (κ2) is 9.74. The molecule has 4 rings (SSSR count). The highest BCUT2D eigenvalue weighted by atomic mass is 19.1. The van der Waals surface area contributed by atoms with Crippen LogP contribution in [-0.2, 0) is 9.53 Å². The highest BCUT2D eigenvalue weighted by molar-refractivity contribution is 5.96. The van der Waals surface area contributed by atoms with Crippen LogP contribution in [0, 0.1) is 5.82 Å². The molecule has 0 fully saturated rings. The molecule has 1 aliphatic carbocycles. The molecule has 7 nitrogen and oxygen atoms in total. The summed E-state index contributed by atoms with van der Waals surface area (Å²) in [7, 11) is 0. The molecule has 8 heteroatoms. The highest BCUT2D eigenvalue weighted by Gasteiger charge is 2.29. The van der Waals surface area contributed by atoms with Crippen LogP contribution in [0.1, 0.15) is 34.3 Å². The Labute approximate surface area is 195 Å². The Balaban J connectivity index is 1.42. The SMILES string of the molecule is CCN(CC(=O)O)C(=O)c1ccc(NC(=O)OCC2c3ccccc3-c3ccccc32)c(F)c1. The number of carbonyl (C=O) groups excluding carboxylic acids is 2. The number of hydrogen-bond acceptors (Lipinski definition) is 4. The first-order valence-electron chi connectivity index (χ1n) is 10.8. The third kappa shape index (κ3) is 4.61. The molecule has 0 radical (unpaired) electrons. The molecule has 3 aromatic rings. The maximum Gasteiger partial charge on any atom is 0.411 e. The molecule has 2 N–H and O–H groups in total. The minimum atomic E-state index is -1.16. The highest BCUT2D eigenvalue weighted by Crippen LogP contribution is 2.44. The van der Waals surface area contributed by atoms with Crippen LogP contribution in [0.5, 0.6) is 0 Å². The normalized spacial score (nSPS) is 11.9. The van der Waals surface area contributed by atoms with Crippen molar-refractivity contribution in [3.8, 4) is 11.1 Å². The third-order valence-electron chi connectivity index (χ3n) is 5.79. The van der Waals surface area contributed by atoms with Crippen LogP contribution < -0.4 is 5.32 Å². The van der Waals surface area contributed by atoms with E-state index in [1.807, 2.05) is 48.5 Å². The molecule has 174 valence electrons. The van der Waals surface area contributed by atoms with Gasteiger partial charge in [-0.05, 0) is 47.4 Å². The van der Waals surface area contributed by atoms with Crippen molar-refractivity contribution >= 4 is 23.7 Å². The molecular formula is C26H23FN2O5. The number of nitrogens with zero attached hydrogens (tertiary/aromatic N) is 1. The van der Waals surface area contributed by atoms with Crippen molar-refractivity contribution in [2.24, 2.45) is 0 Å². The number of carboxylic acids is 1. The third-order valence-corrected chi connectivity index (χ3v) is 5.79. The van der Waals surface area contributed by atoms with E-state index in [0.29, 0.717) is 0 Å². The van der Waals surface area contributed by atoms with Crippen LogP contribution in [0.4, 0.5) is 14.9 Å². The van der Waals surface area contributed by atoms with E-state index >= 15 is 0 Å². The van der Waals surface area contributed by atoms with Crippen LogP contribution in [0.2, 0.25) is 0 Å². The number of halogens is 1. The van der Waals surface area contributed by atoms with Crippen molar-refractivity contribution in [3.05, 3.63) is 89.2 Å². The van der Waals surface area contributed by atoms with Crippen molar-refractivity contribution in [1.82, 2.24) is 4.90 Å². The van der Waals surface area contributed by atoms with Gasteiger partial charge in [0.1, 0.15) is 19.0 Å². The molecule has 0 aromatic heterocycles. The van der Waals surface area contributed by atoms with Gasteiger partial charge < -0.3 is 14.7 Å². The number of aliphatic carboxylic acids is 1. The number of likely N-dealkylation sites (N-methyl/N-ethyl adjacent to an activating group) is 1. The average molecular weight is 462 g/mol. The van der Waals surface area contributed by atoms with Gasteiger partial charge in [-0.1, -0.05) is 48.5 Å². The van der Waals surface area contributed by atoms with Gasteiger partial charge in [0, 0.05) is 18.0 Å². The Morgan fingerprint density at radius 3 is 2.18 bits per heavy atom. The number of benzene rings is 3. The fourth-order valence-corrected chi connectivity index (χ4v) is 4.17. The summed E-state index contributed by atoms with van der Waals surface area (Å²) in [4.78, 5) is 36.8. The Hall–Kier alpha value is -4.20. The lowest BCUT2D eigenvalue weighted by atomic mass is 9.98. The Kier molecular flexibility index (Phi) is 6.58. The summed E-state index contributed by atoms with van der Waals surface area (Å²) in [6, 6.07) is 19.4. The molecule has 0 bridgehead atoms. The zero-order valence-corrected chi connectivity index (χ0v) is 18.5. The number of amides is 2. The zero-order chi connectivity index (χ0) is 24.2. The van der Waals surface area contributed by atoms with Gasteiger partial charge in [0.2, 0.25) is 0 Å².